The minimum atomic E-state index is -4.74. The molecular weight excluding hydrogens is 413 g/mol. The van der Waals surface area contributed by atoms with Crippen molar-refractivity contribution in [1.82, 2.24) is 10.6 Å². The first-order valence-electron chi connectivity index (χ1n) is 8.34. The zero-order chi connectivity index (χ0) is 21.7. The zero-order valence-electron chi connectivity index (χ0n) is 15.2. The van der Waals surface area contributed by atoms with Gasteiger partial charge in [0.05, 0.1) is 6.04 Å². The second-order valence-corrected chi connectivity index (χ2v) is 7.59. The first-order valence-corrected chi connectivity index (χ1v) is 9.95. The van der Waals surface area contributed by atoms with Gasteiger partial charge in [-0.05, 0) is 35.7 Å². The Morgan fingerprint density at radius 3 is 2.07 bits per heavy atom. The molecule has 29 heavy (non-hydrogen) atoms. The first kappa shape index (κ1) is 22.7. The second-order valence-electron chi connectivity index (χ2n) is 6.14. The highest BCUT2D eigenvalue weighted by Crippen LogP contribution is 2.26. The highest BCUT2D eigenvalue weighted by Gasteiger charge is 2.30. The fourth-order valence-corrected chi connectivity index (χ4v) is 2.67. The summed E-state index contributed by atoms with van der Waals surface area (Å²) in [6, 6.07) is 11.9. The van der Waals surface area contributed by atoms with Crippen LogP contribution in [0.2, 0.25) is 0 Å². The first-order chi connectivity index (χ1) is 13.4. The van der Waals surface area contributed by atoms with Crippen molar-refractivity contribution in [3.05, 3.63) is 54.1 Å². The van der Waals surface area contributed by atoms with Crippen molar-refractivity contribution >= 4 is 16.0 Å². The van der Waals surface area contributed by atoms with Crippen LogP contribution in [-0.4, -0.2) is 37.2 Å². The van der Waals surface area contributed by atoms with Crippen molar-refractivity contribution in [2.75, 3.05) is 5.88 Å². The summed E-state index contributed by atoms with van der Waals surface area (Å²) in [5, 5.41) is 5.00. The topological polar surface area (TPSA) is 105 Å². The summed E-state index contributed by atoms with van der Waals surface area (Å²) in [4.78, 5) is 11.7. The third kappa shape index (κ3) is 8.10. The molecular formula is C18H19F3N2O5S. The molecule has 0 bridgehead atoms. The molecule has 0 unspecified atom stereocenters. The minimum Gasteiger partial charge on any atom is -0.406 e. The molecule has 3 N–H and O–H groups in total. The number of carbonyl (C=O) groups is 1. The summed E-state index contributed by atoms with van der Waals surface area (Å²) < 4.78 is 70.3. The van der Waals surface area contributed by atoms with Crippen LogP contribution >= 0.6 is 0 Å². The largest absolute Gasteiger partial charge is 0.573 e. The lowest BCUT2D eigenvalue weighted by molar-refractivity contribution is -0.274. The van der Waals surface area contributed by atoms with Gasteiger partial charge < -0.3 is 15.4 Å². The Morgan fingerprint density at radius 1 is 1.07 bits per heavy atom. The van der Waals surface area contributed by atoms with E-state index in [0.29, 0.717) is 12.1 Å². The Balaban J connectivity index is 1.90. The van der Waals surface area contributed by atoms with E-state index in [4.69, 9.17) is 4.55 Å². The van der Waals surface area contributed by atoms with Crippen molar-refractivity contribution in [3.63, 3.8) is 0 Å². The summed E-state index contributed by atoms with van der Waals surface area (Å²) in [6.07, 6.45) is -4.74. The van der Waals surface area contributed by atoms with Crippen LogP contribution in [0.25, 0.3) is 11.1 Å². The number of rotatable bonds is 8. The summed E-state index contributed by atoms with van der Waals surface area (Å²) in [7, 11) is -4.29. The third-order valence-corrected chi connectivity index (χ3v) is 4.32. The average Bonchev–Trinajstić information content (AvgIpc) is 2.63. The van der Waals surface area contributed by atoms with Gasteiger partial charge in [0.1, 0.15) is 11.6 Å². The molecule has 0 spiro atoms. The van der Waals surface area contributed by atoms with E-state index in [-0.39, 0.29) is 5.75 Å². The molecule has 1 atom stereocenters. The van der Waals surface area contributed by atoms with Gasteiger partial charge in [0.2, 0.25) is 5.91 Å². The van der Waals surface area contributed by atoms with Gasteiger partial charge in [-0.15, -0.1) is 13.2 Å². The van der Waals surface area contributed by atoms with Gasteiger partial charge in [-0.1, -0.05) is 36.4 Å². The van der Waals surface area contributed by atoms with Gasteiger partial charge in [0.15, 0.2) is 0 Å². The lowest BCUT2D eigenvalue weighted by atomic mass is 10.0. The van der Waals surface area contributed by atoms with Crippen LogP contribution in [0.4, 0.5) is 13.2 Å². The molecule has 158 valence electrons. The fourth-order valence-electron chi connectivity index (χ4n) is 2.34. The van der Waals surface area contributed by atoms with Gasteiger partial charge in [0.25, 0.3) is 10.1 Å². The van der Waals surface area contributed by atoms with Gasteiger partial charge in [-0.2, -0.15) is 8.42 Å². The molecule has 1 amide bonds. The second kappa shape index (κ2) is 9.25. The number of alkyl halides is 3. The summed E-state index contributed by atoms with van der Waals surface area (Å²) in [6.45, 7) is 1.86. The Morgan fingerprint density at radius 2 is 1.59 bits per heavy atom. The van der Waals surface area contributed by atoms with Crippen LogP contribution in [0.5, 0.6) is 5.75 Å². The van der Waals surface area contributed by atoms with Crippen LogP contribution in [0.15, 0.2) is 48.5 Å². The molecule has 0 radical (unpaired) electrons. The van der Waals surface area contributed by atoms with E-state index >= 15 is 0 Å². The Labute approximate surface area is 165 Å². The van der Waals surface area contributed by atoms with E-state index in [0.717, 1.165) is 11.1 Å². The SMILES string of the molecule is C[C@H](NCc1ccc(-c2ccc(OC(F)(F)F)cc2)cc1)C(=O)NCS(=O)(=O)O. The third-order valence-electron chi connectivity index (χ3n) is 3.81. The van der Waals surface area contributed by atoms with Crippen molar-refractivity contribution in [2.24, 2.45) is 0 Å². The monoisotopic (exact) mass is 432 g/mol. The molecule has 0 fully saturated rings. The summed E-state index contributed by atoms with van der Waals surface area (Å²) in [5.74, 6) is -1.75. The van der Waals surface area contributed by atoms with Crippen molar-refractivity contribution in [1.29, 1.82) is 0 Å². The molecule has 0 aliphatic heterocycles. The predicted molar refractivity (Wildman–Crippen MR) is 99.4 cm³/mol. The van der Waals surface area contributed by atoms with E-state index in [1.807, 2.05) is 0 Å². The standard InChI is InChI=1S/C18H19F3N2O5S/c1-12(17(24)23-11-29(25,26)27)22-10-13-2-4-14(5-3-13)15-6-8-16(9-7-15)28-18(19,20)21/h2-9,12,22H,10-11H2,1H3,(H,23,24)(H,25,26,27)/t12-/m0/s1. The molecule has 2 aromatic rings. The molecule has 11 heteroatoms. The molecule has 0 aliphatic carbocycles. The number of benzene rings is 2. The maximum Gasteiger partial charge on any atom is 0.573 e. The van der Waals surface area contributed by atoms with E-state index in [1.54, 1.807) is 24.3 Å². The number of hydrogen-bond donors (Lipinski definition) is 3. The number of carbonyl (C=O) groups excluding carboxylic acids is 1. The van der Waals surface area contributed by atoms with Crippen LogP contribution in [-0.2, 0) is 21.5 Å². The number of hydrogen-bond acceptors (Lipinski definition) is 5. The Bertz CT molecular complexity index is 929. The highest BCUT2D eigenvalue weighted by atomic mass is 32.2. The van der Waals surface area contributed by atoms with Crippen LogP contribution in [0, 0.1) is 0 Å². The van der Waals surface area contributed by atoms with Crippen LogP contribution in [0.3, 0.4) is 0 Å². The van der Waals surface area contributed by atoms with E-state index in [9.17, 15) is 26.4 Å². The van der Waals surface area contributed by atoms with Crippen molar-refractivity contribution < 1.29 is 35.7 Å². The smallest absolute Gasteiger partial charge is 0.406 e. The van der Waals surface area contributed by atoms with Gasteiger partial charge in [-0.25, -0.2) is 0 Å². The summed E-state index contributed by atoms with van der Waals surface area (Å²) >= 11 is 0. The van der Waals surface area contributed by atoms with Gasteiger partial charge in [0, 0.05) is 6.54 Å². The van der Waals surface area contributed by atoms with Gasteiger partial charge >= 0.3 is 6.36 Å². The van der Waals surface area contributed by atoms with E-state index in [1.165, 1.54) is 31.2 Å². The molecule has 0 saturated carbocycles. The molecule has 0 aliphatic rings. The van der Waals surface area contributed by atoms with Crippen molar-refractivity contribution in [2.45, 2.75) is 25.9 Å². The number of ether oxygens (including phenoxy) is 1. The molecule has 0 aromatic heterocycles. The van der Waals surface area contributed by atoms with Crippen LogP contribution < -0.4 is 15.4 Å². The van der Waals surface area contributed by atoms with E-state index in [2.05, 4.69) is 15.4 Å². The predicted octanol–water partition coefficient (Wildman–Crippen LogP) is 2.69. The number of amides is 1. The fraction of sp³-hybridized carbons (Fsp3) is 0.278. The lowest BCUT2D eigenvalue weighted by Crippen LogP contribution is -2.43. The quantitative estimate of drug-likeness (QED) is 0.554. The summed E-state index contributed by atoms with van der Waals surface area (Å²) in [5.41, 5.74) is 2.32. The average molecular weight is 432 g/mol. The number of halogens is 3. The van der Waals surface area contributed by atoms with E-state index < -0.39 is 34.3 Å². The minimum absolute atomic E-state index is 0.302. The van der Waals surface area contributed by atoms with Crippen molar-refractivity contribution in [3.8, 4) is 16.9 Å². The Hall–Kier alpha value is -2.63. The molecule has 2 aromatic carbocycles. The number of nitrogens with one attached hydrogen (secondary N) is 2. The molecule has 0 heterocycles. The molecule has 0 saturated heterocycles. The molecule has 2 rings (SSSR count). The maximum absolute atomic E-state index is 12.2. The van der Waals surface area contributed by atoms with Gasteiger partial charge in [-0.3, -0.25) is 9.35 Å². The zero-order valence-corrected chi connectivity index (χ0v) is 16.0. The molecule has 7 nitrogen and oxygen atoms in total. The normalized spacial score (nSPS) is 13.0. The Kier molecular flexibility index (Phi) is 7.22. The van der Waals surface area contributed by atoms with Crippen LogP contribution in [0.1, 0.15) is 12.5 Å². The lowest BCUT2D eigenvalue weighted by Gasteiger charge is -2.14. The maximum atomic E-state index is 12.2. The highest BCUT2D eigenvalue weighted by molar-refractivity contribution is 7.85.